The molecule has 0 unspecified atom stereocenters. The Kier molecular flexibility index (Phi) is 5.48. The molecule has 0 aliphatic carbocycles. The summed E-state index contributed by atoms with van der Waals surface area (Å²) >= 11 is 0. The third-order valence-corrected chi connectivity index (χ3v) is 1.93. The van der Waals surface area contributed by atoms with Crippen LogP contribution in [-0.2, 0) is 0 Å². The molecular formula is C12H18N2O. The monoisotopic (exact) mass is 206 g/mol. The Hall–Kier alpha value is -1.35. The molecule has 1 rings (SSSR count). The van der Waals surface area contributed by atoms with Crippen molar-refractivity contribution in [3.05, 3.63) is 30.0 Å². The van der Waals surface area contributed by atoms with E-state index in [4.69, 9.17) is 4.74 Å². The van der Waals surface area contributed by atoms with Crippen molar-refractivity contribution in [2.45, 2.75) is 13.3 Å². The highest BCUT2D eigenvalue weighted by atomic mass is 16.5. The van der Waals surface area contributed by atoms with Crippen molar-refractivity contribution in [2.75, 3.05) is 20.2 Å². The molecule has 0 saturated carbocycles. The summed E-state index contributed by atoms with van der Waals surface area (Å²) in [6.45, 7) is 4.09. The number of methoxy groups -OCH3 is 1. The Morgan fingerprint density at radius 2 is 2.33 bits per heavy atom. The Morgan fingerprint density at radius 3 is 3.07 bits per heavy atom. The van der Waals surface area contributed by atoms with Gasteiger partial charge < -0.3 is 10.1 Å². The van der Waals surface area contributed by atoms with E-state index in [1.54, 1.807) is 7.11 Å². The van der Waals surface area contributed by atoms with Gasteiger partial charge in [-0.1, -0.05) is 19.1 Å². The second-order valence-electron chi connectivity index (χ2n) is 3.21. The molecule has 1 aromatic heterocycles. The van der Waals surface area contributed by atoms with Crippen molar-refractivity contribution < 1.29 is 4.74 Å². The number of nitrogens with one attached hydrogen (secondary N) is 1. The van der Waals surface area contributed by atoms with Crippen LogP contribution in [0.25, 0.3) is 6.08 Å². The Balaban J connectivity index is 2.41. The Morgan fingerprint density at radius 1 is 1.47 bits per heavy atom. The first kappa shape index (κ1) is 11.7. The van der Waals surface area contributed by atoms with E-state index in [9.17, 15) is 0 Å². The second-order valence-corrected chi connectivity index (χ2v) is 3.21. The van der Waals surface area contributed by atoms with Crippen molar-refractivity contribution in [2.24, 2.45) is 0 Å². The Labute approximate surface area is 91.2 Å². The van der Waals surface area contributed by atoms with E-state index in [2.05, 4.69) is 23.3 Å². The molecule has 0 spiro atoms. The summed E-state index contributed by atoms with van der Waals surface area (Å²) in [5.41, 5.74) is 0.924. The summed E-state index contributed by atoms with van der Waals surface area (Å²) in [5, 5.41) is 3.29. The van der Waals surface area contributed by atoms with Crippen molar-refractivity contribution in [3.8, 4) is 5.88 Å². The molecule has 0 fully saturated rings. The van der Waals surface area contributed by atoms with E-state index in [0.29, 0.717) is 5.88 Å². The number of pyridine rings is 1. The fraction of sp³-hybridized carbons (Fsp3) is 0.417. The molecule has 0 aliphatic heterocycles. The molecule has 1 N–H and O–H groups in total. The summed E-state index contributed by atoms with van der Waals surface area (Å²) < 4.78 is 5.04. The van der Waals surface area contributed by atoms with E-state index < -0.39 is 0 Å². The maximum atomic E-state index is 5.04. The summed E-state index contributed by atoms with van der Waals surface area (Å²) in [5.74, 6) is 0.652. The maximum absolute atomic E-state index is 5.04. The number of hydrogen-bond donors (Lipinski definition) is 1. The van der Waals surface area contributed by atoms with E-state index in [-0.39, 0.29) is 0 Å². The van der Waals surface area contributed by atoms with Crippen LogP contribution in [0, 0.1) is 0 Å². The van der Waals surface area contributed by atoms with Gasteiger partial charge in [-0.2, -0.15) is 0 Å². The van der Waals surface area contributed by atoms with Gasteiger partial charge >= 0.3 is 0 Å². The van der Waals surface area contributed by atoms with Crippen LogP contribution in [0.15, 0.2) is 24.3 Å². The van der Waals surface area contributed by atoms with Gasteiger partial charge in [-0.25, -0.2) is 4.98 Å². The van der Waals surface area contributed by atoms with Gasteiger partial charge in [-0.05, 0) is 25.1 Å². The van der Waals surface area contributed by atoms with Gasteiger partial charge in [-0.15, -0.1) is 0 Å². The minimum atomic E-state index is 0.652. The summed E-state index contributed by atoms with van der Waals surface area (Å²) in [6.07, 6.45) is 5.22. The second kappa shape index (κ2) is 7.01. The molecule has 0 radical (unpaired) electrons. The van der Waals surface area contributed by atoms with Gasteiger partial charge in [0, 0.05) is 12.6 Å². The van der Waals surface area contributed by atoms with Crippen LogP contribution in [-0.4, -0.2) is 25.2 Å². The van der Waals surface area contributed by atoms with Crippen LogP contribution in [0.4, 0.5) is 0 Å². The van der Waals surface area contributed by atoms with E-state index >= 15 is 0 Å². The highest BCUT2D eigenvalue weighted by Gasteiger charge is 1.92. The number of aromatic nitrogens is 1. The molecule has 3 heteroatoms. The van der Waals surface area contributed by atoms with E-state index in [1.807, 2.05) is 24.3 Å². The molecule has 0 aliphatic rings. The standard InChI is InChI=1S/C12H18N2O/c1-3-9-13-10-5-7-11-6-4-8-12(14-11)15-2/h4-8,13H,3,9-10H2,1-2H3/b7-5+. The van der Waals surface area contributed by atoms with Crippen LogP contribution in [0.3, 0.4) is 0 Å². The molecule has 1 heterocycles. The zero-order valence-corrected chi connectivity index (χ0v) is 9.36. The summed E-state index contributed by atoms with van der Waals surface area (Å²) in [4.78, 5) is 4.27. The molecule has 0 aromatic carbocycles. The minimum absolute atomic E-state index is 0.652. The van der Waals surface area contributed by atoms with Crippen LogP contribution in [0.5, 0.6) is 5.88 Å². The lowest BCUT2D eigenvalue weighted by Crippen LogP contribution is -2.13. The van der Waals surface area contributed by atoms with Gasteiger partial charge in [0.25, 0.3) is 0 Å². The minimum Gasteiger partial charge on any atom is -0.481 e. The zero-order chi connectivity index (χ0) is 10.9. The molecule has 1 aromatic rings. The van der Waals surface area contributed by atoms with Crippen LogP contribution in [0.2, 0.25) is 0 Å². The lowest BCUT2D eigenvalue weighted by Gasteiger charge is -1.99. The quantitative estimate of drug-likeness (QED) is 0.724. The number of rotatable bonds is 6. The SMILES string of the molecule is CCCNC/C=C/c1cccc(OC)n1. The molecule has 0 saturated heterocycles. The average molecular weight is 206 g/mol. The van der Waals surface area contributed by atoms with Crippen molar-refractivity contribution >= 4 is 6.08 Å². The lowest BCUT2D eigenvalue weighted by atomic mass is 10.3. The van der Waals surface area contributed by atoms with E-state index in [0.717, 1.165) is 25.2 Å². The molecule has 0 amide bonds. The predicted molar refractivity (Wildman–Crippen MR) is 63.0 cm³/mol. The van der Waals surface area contributed by atoms with Gasteiger partial charge in [0.1, 0.15) is 0 Å². The fourth-order valence-corrected chi connectivity index (χ4v) is 1.18. The smallest absolute Gasteiger partial charge is 0.213 e. The van der Waals surface area contributed by atoms with Crippen LogP contribution < -0.4 is 10.1 Å². The van der Waals surface area contributed by atoms with Crippen LogP contribution in [0.1, 0.15) is 19.0 Å². The zero-order valence-electron chi connectivity index (χ0n) is 9.36. The lowest BCUT2D eigenvalue weighted by molar-refractivity contribution is 0.397. The normalized spacial score (nSPS) is 10.8. The highest BCUT2D eigenvalue weighted by molar-refractivity contribution is 5.45. The number of nitrogens with zero attached hydrogens (tertiary/aromatic N) is 1. The maximum Gasteiger partial charge on any atom is 0.213 e. The molecule has 15 heavy (non-hydrogen) atoms. The molecular weight excluding hydrogens is 188 g/mol. The first-order valence-corrected chi connectivity index (χ1v) is 5.25. The third kappa shape index (κ3) is 4.61. The van der Waals surface area contributed by atoms with Gasteiger partial charge in [0.2, 0.25) is 5.88 Å². The first-order valence-electron chi connectivity index (χ1n) is 5.25. The number of ether oxygens (including phenoxy) is 1. The summed E-state index contributed by atoms with van der Waals surface area (Å²) in [6, 6.07) is 5.73. The largest absolute Gasteiger partial charge is 0.481 e. The van der Waals surface area contributed by atoms with Gasteiger partial charge in [0.05, 0.1) is 12.8 Å². The first-order chi connectivity index (χ1) is 7.36. The van der Waals surface area contributed by atoms with Gasteiger partial charge in [0.15, 0.2) is 0 Å². The molecule has 3 nitrogen and oxygen atoms in total. The highest BCUT2D eigenvalue weighted by Crippen LogP contribution is 2.07. The molecule has 0 bridgehead atoms. The molecule has 0 atom stereocenters. The molecule has 82 valence electrons. The van der Waals surface area contributed by atoms with Gasteiger partial charge in [-0.3, -0.25) is 0 Å². The van der Waals surface area contributed by atoms with Crippen LogP contribution >= 0.6 is 0 Å². The van der Waals surface area contributed by atoms with Crippen molar-refractivity contribution in [1.82, 2.24) is 10.3 Å². The van der Waals surface area contributed by atoms with E-state index in [1.165, 1.54) is 0 Å². The van der Waals surface area contributed by atoms with Crippen molar-refractivity contribution in [3.63, 3.8) is 0 Å². The topological polar surface area (TPSA) is 34.1 Å². The van der Waals surface area contributed by atoms with Crippen molar-refractivity contribution in [1.29, 1.82) is 0 Å². The number of hydrogen-bond acceptors (Lipinski definition) is 3. The summed E-state index contributed by atoms with van der Waals surface area (Å²) in [7, 11) is 1.62. The predicted octanol–water partition coefficient (Wildman–Crippen LogP) is 2.10. The third-order valence-electron chi connectivity index (χ3n) is 1.93. The average Bonchev–Trinajstić information content (AvgIpc) is 2.29. The fourth-order valence-electron chi connectivity index (χ4n) is 1.18. The Bertz CT molecular complexity index is 310.